The molecule has 1 aromatic rings. The van der Waals surface area contributed by atoms with Gasteiger partial charge in [-0.2, -0.15) is 0 Å². The van der Waals surface area contributed by atoms with Gasteiger partial charge in [-0.15, -0.1) is 0 Å². The number of anilines is 1. The number of ketones is 1. The van der Waals surface area contributed by atoms with Gasteiger partial charge >= 0.3 is 5.97 Å². The van der Waals surface area contributed by atoms with E-state index in [0.717, 1.165) is 36.1 Å². The summed E-state index contributed by atoms with van der Waals surface area (Å²) in [4.78, 5) is 25.4. The van der Waals surface area contributed by atoms with Crippen LogP contribution in [-0.2, 0) is 9.53 Å². The molecule has 0 N–H and O–H groups in total. The zero-order chi connectivity index (χ0) is 15.4. The fourth-order valence-corrected chi connectivity index (χ4v) is 3.23. The normalized spacial score (nSPS) is 15.9. The standard InChI is InChI=1S/C16H20BrNO3/c1-3-21-16(20)12-6-8-18(9-7-12)15-5-4-13(11(2)19)10-14(15)17/h4-5,10,12H,3,6-9H2,1-2H3. The molecule has 1 aromatic carbocycles. The second kappa shape index (κ2) is 7.07. The number of esters is 1. The first-order valence-corrected chi connectivity index (χ1v) is 8.04. The topological polar surface area (TPSA) is 46.6 Å². The number of hydrogen-bond acceptors (Lipinski definition) is 4. The van der Waals surface area contributed by atoms with Gasteiger partial charge < -0.3 is 9.64 Å². The summed E-state index contributed by atoms with van der Waals surface area (Å²) in [5, 5.41) is 0. The summed E-state index contributed by atoms with van der Waals surface area (Å²) in [6.07, 6.45) is 1.61. The number of halogens is 1. The van der Waals surface area contributed by atoms with Crippen molar-refractivity contribution in [2.24, 2.45) is 5.92 Å². The molecule has 0 aliphatic carbocycles. The zero-order valence-corrected chi connectivity index (χ0v) is 14.0. The Kier molecular flexibility index (Phi) is 5.39. The highest BCUT2D eigenvalue weighted by molar-refractivity contribution is 9.10. The third-order valence-corrected chi connectivity index (χ3v) is 4.44. The summed E-state index contributed by atoms with van der Waals surface area (Å²) in [6.45, 7) is 5.48. The van der Waals surface area contributed by atoms with E-state index in [2.05, 4.69) is 20.8 Å². The molecule has 4 nitrogen and oxygen atoms in total. The van der Waals surface area contributed by atoms with Gasteiger partial charge in [-0.05, 0) is 60.8 Å². The molecule has 0 aromatic heterocycles. The first kappa shape index (κ1) is 16.0. The maximum Gasteiger partial charge on any atom is 0.309 e. The van der Waals surface area contributed by atoms with E-state index in [0.29, 0.717) is 12.2 Å². The molecule has 21 heavy (non-hydrogen) atoms. The summed E-state index contributed by atoms with van der Waals surface area (Å²) in [5.74, 6) is -0.0112. The van der Waals surface area contributed by atoms with Crippen LogP contribution in [0.2, 0.25) is 0 Å². The Bertz CT molecular complexity index is 536. The largest absolute Gasteiger partial charge is 0.466 e. The van der Waals surface area contributed by atoms with Gasteiger partial charge in [0.15, 0.2) is 5.78 Å². The Hall–Kier alpha value is -1.36. The second-order valence-electron chi connectivity index (χ2n) is 5.24. The van der Waals surface area contributed by atoms with E-state index in [1.54, 1.807) is 6.92 Å². The van der Waals surface area contributed by atoms with Crippen molar-refractivity contribution in [2.75, 3.05) is 24.6 Å². The van der Waals surface area contributed by atoms with E-state index in [1.165, 1.54) is 0 Å². The van der Waals surface area contributed by atoms with Crippen LogP contribution in [0.15, 0.2) is 22.7 Å². The number of hydrogen-bond donors (Lipinski definition) is 0. The summed E-state index contributed by atoms with van der Waals surface area (Å²) < 4.78 is 6.01. The van der Waals surface area contributed by atoms with Gasteiger partial charge in [-0.25, -0.2) is 0 Å². The molecule has 1 aliphatic heterocycles. The molecule has 1 saturated heterocycles. The minimum absolute atomic E-state index is 0.0106. The van der Waals surface area contributed by atoms with Crippen molar-refractivity contribution in [3.63, 3.8) is 0 Å². The summed E-state index contributed by atoms with van der Waals surface area (Å²) in [7, 11) is 0. The van der Waals surface area contributed by atoms with E-state index >= 15 is 0 Å². The minimum Gasteiger partial charge on any atom is -0.466 e. The number of nitrogens with zero attached hydrogens (tertiary/aromatic N) is 1. The molecule has 1 heterocycles. The SMILES string of the molecule is CCOC(=O)C1CCN(c2ccc(C(C)=O)cc2Br)CC1. The zero-order valence-electron chi connectivity index (χ0n) is 12.4. The van der Waals surface area contributed by atoms with Crippen molar-refractivity contribution in [1.82, 2.24) is 0 Å². The van der Waals surface area contributed by atoms with E-state index < -0.39 is 0 Å². The van der Waals surface area contributed by atoms with E-state index in [9.17, 15) is 9.59 Å². The van der Waals surface area contributed by atoms with Gasteiger partial charge in [-0.3, -0.25) is 9.59 Å². The van der Waals surface area contributed by atoms with Crippen LogP contribution in [0.4, 0.5) is 5.69 Å². The summed E-state index contributed by atoms with van der Waals surface area (Å²) in [6, 6.07) is 5.67. The number of Topliss-reactive ketones (excluding diaryl/α,β-unsaturated/α-hetero) is 1. The molecule has 5 heteroatoms. The van der Waals surface area contributed by atoms with Crippen LogP contribution < -0.4 is 4.90 Å². The summed E-state index contributed by atoms with van der Waals surface area (Å²) >= 11 is 3.53. The lowest BCUT2D eigenvalue weighted by atomic mass is 9.96. The highest BCUT2D eigenvalue weighted by atomic mass is 79.9. The first-order valence-electron chi connectivity index (χ1n) is 7.25. The average Bonchev–Trinajstić information content (AvgIpc) is 2.47. The number of carbonyl (C=O) groups is 2. The van der Waals surface area contributed by atoms with Crippen molar-refractivity contribution in [1.29, 1.82) is 0 Å². The van der Waals surface area contributed by atoms with Crippen molar-refractivity contribution in [3.05, 3.63) is 28.2 Å². The molecule has 1 fully saturated rings. The molecule has 114 valence electrons. The fourth-order valence-electron chi connectivity index (χ4n) is 2.60. The van der Waals surface area contributed by atoms with Gasteiger partial charge in [0.1, 0.15) is 0 Å². The van der Waals surface area contributed by atoms with Crippen LogP contribution in [0.3, 0.4) is 0 Å². The number of piperidine rings is 1. The van der Waals surface area contributed by atoms with Gasteiger partial charge in [0, 0.05) is 23.1 Å². The monoisotopic (exact) mass is 353 g/mol. The molecular weight excluding hydrogens is 334 g/mol. The molecule has 1 aliphatic rings. The smallest absolute Gasteiger partial charge is 0.309 e. The van der Waals surface area contributed by atoms with Crippen LogP contribution >= 0.6 is 15.9 Å². The lowest BCUT2D eigenvalue weighted by Crippen LogP contribution is -2.37. The third kappa shape index (κ3) is 3.84. The number of rotatable bonds is 4. The van der Waals surface area contributed by atoms with Crippen LogP contribution in [0.25, 0.3) is 0 Å². The van der Waals surface area contributed by atoms with Crippen LogP contribution in [0, 0.1) is 5.92 Å². The first-order chi connectivity index (χ1) is 10.0. The van der Waals surface area contributed by atoms with Gasteiger partial charge in [-0.1, -0.05) is 0 Å². The average molecular weight is 354 g/mol. The predicted molar refractivity (Wildman–Crippen MR) is 85.7 cm³/mol. The van der Waals surface area contributed by atoms with Crippen molar-refractivity contribution < 1.29 is 14.3 Å². The Morgan fingerprint density at radius 2 is 2.00 bits per heavy atom. The molecule has 2 rings (SSSR count). The van der Waals surface area contributed by atoms with Gasteiger partial charge in [0.2, 0.25) is 0 Å². The Labute approximate surface area is 133 Å². The lowest BCUT2D eigenvalue weighted by Gasteiger charge is -2.33. The third-order valence-electron chi connectivity index (χ3n) is 3.81. The molecule has 0 atom stereocenters. The van der Waals surface area contributed by atoms with E-state index in [-0.39, 0.29) is 17.7 Å². The van der Waals surface area contributed by atoms with E-state index in [1.807, 2.05) is 25.1 Å². The Morgan fingerprint density at radius 3 is 2.52 bits per heavy atom. The highest BCUT2D eigenvalue weighted by Gasteiger charge is 2.26. The molecule has 0 bridgehead atoms. The molecule has 0 unspecified atom stereocenters. The van der Waals surface area contributed by atoms with Crippen molar-refractivity contribution in [3.8, 4) is 0 Å². The van der Waals surface area contributed by atoms with Gasteiger partial charge in [0.05, 0.1) is 18.2 Å². The second-order valence-corrected chi connectivity index (χ2v) is 6.09. The highest BCUT2D eigenvalue weighted by Crippen LogP contribution is 2.31. The van der Waals surface area contributed by atoms with Crippen LogP contribution in [0.5, 0.6) is 0 Å². The maximum atomic E-state index is 11.7. The summed E-state index contributed by atoms with van der Waals surface area (Å²) in [5.41, 5.74) is 1.77. The molecule has 0 spiro atoms. The van der Waals surface area contributed by atoms with Crippen molar-refractivity contribution in [2.45, 2.75) is 26.7 Å². The quantitative estimate of drug-likeness (QED) is 0.614. The van der Waals surface area contributed by atoms with E-state index in [4.69, 9.17) is 4.74 Å². The Balaban J connectivity index is 2.02. The van der Waals surface area contributed by atoms with Gasteiger partial charge in [0.25, 0.3) is 0 Å². The molecule has 0 amide bonds. The van der Waals surface area contributed by atoms with Crippen molar-refractivity contribution >= 4 is 33.4 Å². The molecule has 0 radical (unpaired) electrons. The number of benzene rings is 1. The lowest BCUT2D eigenvalue weighted by molar-refractivity contribution is -0.148. The maximum absolute atomic E-state index is 11.7. The fraction of sp³-hybridized carbons (Fsp3) is 0.500. The predicted octanol–water partition coefficient (Wildman–Crippen LogP) is 3.43. The molecular formula is C16H20BrNO3. The number of carbonyl (C=O) groups excluding carboxylic acids is 2. The number of ether oxygens (including phenoxy) is 1. The minimum atomic E-state index is -0.0804. The van der Waals surface area contributed by atoms with Crippen LogP contribution in [-0.4, -0.2) is 31.4 Å². The van der Waals surface area contributed by atoms with Crippen LogP contribution in [0.1, 0.15) is 37.0 Å². The Morgan fingerprint density at radius 1 is 1.33 bits per heavy atom. The molecule has 0 saturated carbocycles.